The van der Waals surface area contributed by atoms with E-state index in [1.54, 1.807) is 17.7 Å². The van der Waals surface area contributed by atoms with Gasteiger partial charge in [-0.2, -0.15) is 4.98 Å². The highest BCUT2D eigenvalue weighted by Crippen LogP contribution is 2.35. The Kier molecular flexibility index (Phi) is 7.40. The minimum atomic E-state index is 0.0342. The van der Waals surface area contributed by atoms with Gasteiger partial charge in [-0.3, -0.25) is 4.79 Å². The van der Waals surface area contributed by atoms with E-state index in [-0.39, 0.29) is 11.9 Å². The molecule has 0 unspecified atom stereocenters. The lowest BCUT2D eigenvalue weighted by molar-refractivity contribution is -0.119. The molecule has 1 fully saturated rings. The number of rotatable bonds is 8. The number of anilines is 1. The van der Waals surface area contributed by atoms with Crippen LogP contribution in [0.1, 0.15) is 38.7 Å². The molecule has 4 rings (SSSR count). The van der Waals surface area contributed by atoms with Crippen LogP contribution >= 0.6 is 23.1 Å². The summed E-state index contributed by atoms with van der Waals surface area (Å²) in [5.41, 5.74) is 2.03. The molecule has 0 saturated carbocycles. The highest BCUT2D eigenvalue weighted by atomic mass is 32.2. The first-order chi connectivity index (χ1) is 15.1. The van der Waals surface area contributed by atoms with Gasteiger partial charge in [0.25, 0.3) is 0 Å². The van der Waals surface area contributed by atoms with Gasteiger partial charge in [0.2, 0.25) is 5.91 Å². The Bertz CT molecular complexity index is 1010. The minimum Gasteiger partial charge on any atom is -0.353 e. The molecule has 3 aromatic rings. The highest BCUT2D eigenvalue weighted by Gasteiger charge is 2.21. The van der Waals surface area contributed by atoms with E-state index in [0.717, 1.165) is 46.4 Å². The van der Waals surface area contributed by atoms with Crippen molar-refractivity contribution in [1.29, 1.82) is 0 Å². The summed E-state index contributed by atoms with van der Waals surface area (Å²) in [7, 11) is 0. The summed E-state index contributed by atoms with van der Waals surface area (Å²) in [4.78, 5) is 28.3. The molecule has 0 aliphatic carbocycles. The van der Waals surface area contributed by atoms with Crippen LogP contribution in [0.3, 0.4) is 0 Å². The van der Waals surface area contributed by atoms with Crippen molar-refractivity contribution < 1.29 is 4.79 Å². The van der Waals surface area contributed by atoms with Gasteiger partial charge in [0.15, 0.2) is 10.8 Å². The fraction of sp³-hybridized carbons (Fsp3) is 0.478. The number of thioether (sulfide) groups is 1. The Hall–Kier alpha value is -2.19. The Balaban J connectivity index is 1.32. The van der Waals surface area contributed by atoms with Crippen molar-refractivity contribution in [2.45, 2.75) is 50.6 Å². The third-order valence-corrected chi connectivity index (χ3v) is 7.76. The third-order valence-electron chi connectivity index (χ3n) is 5.53. The van der Waals surface area contributed by atoms with E-state index in [4.69, 9.17) is 4.98 Å². The molecule has 164 valence electrons. The van der Waals surface area contributed by atoms with Crippen LogP contribution in [0.25, 0.3) is 10.3 Å². The normalized spacial score (nSPS) is 17.6. The lowest BCUT2D eigenvalue weighted by atomic mass is 10.0. The van der Waals surface area contributed by atoms with E-state index >= 15 is 0 Å². The molecule has 2 atom stereocenters. The number of carbonyl (C=O) groups excluding carboxylic acids is 1. The number of hydrogen-bond donors (Lipinski definition) is 1. The summed E-state index contributed by atoms with van der Waals surface area (Å²) in [5, 5.41) is 4.96. The zero-order valence-corrected chi connectivity index (χ0v) is 19.7. The van der Waals surface area contributed by atoms with Crippen LogP contribution in [0.15, 0.2) is 41.7 Å². The lowest BCUT2D eigenvalue weighted by Gasteiger charge is -2.30. The van der Waals surface area contributed by atoms with Gasteiger partial charge in [0.05, 0.1) is 5.75 Å². The van der Waals surface area contributed by atoms with Gasteiger partial charge in [-0.15, -0.1) is 0 Å². The van der Waals surface area contributed by atoms with E-state index < -0.39 is 0 Å². The number of nitrogens with zero attached hydrogens (tertiary/aromatic N) is 4. The zero-order chi connectivity index (χ0) is 21.6. The van der Waals surface area contributed by atoms with Gasteiger partial charge in [-0.1, -0.05) is 60.4 Å². The Morgan fingerprint density at radius 3 is 2.97 bits per heavy atom. The maximum atomic E-state index is 12.5. The van der Waals surface area contributed by atoms with Crippen molar-refractivity contribution >= 4 is 44.5 Å². The molecule has 1 aliphatic rings. The maximum absolute atomic E-state index is 12.5. The highest BCUT2D eigenvalue weighted by molar-refractivity contribution is 8.00. The predicted molar refractivity (Wildman–Crippen MR) is 129 cm³/mol. The van der Waals surface area contributed by atoms with Crippen LogP contribution in [-0.4, -0.2) is 45.7 Å². The van der Waals surface area contributed by atoms with Crippen LogP contribution in [0, 0.1) is 5.92 Å². The zero-order valence-electron chi connectivity index (χ0n) is 18.1. The minimum absolute atomic E-state index is 0.0342. The summed E-state index contributed by atoms with van der Waals surface area (Å²) < 4.78 is 0.977. The number of aryl methyl sites for hydroxylation is 1. The molecule has 31 heavy (non-hydrogen) atoms. The molecule has 8 heteroatoms. The molecule has 3 heterocycles. The van der Waals surface area contributed by atoms with Crippen molar-refractivity contribution in [2.24, 2.45) is 5.92 Å². The summed E-state index contributed by atoms with van der Waals surface area (Å²) in [6.45, 7) is 6.44. The maximum Gasteiger partial charge on any atom is 0.230 e. The number of benzene rings is 1. The molecule has 1 N–H and O–H groups in total. The van der Waals surface area contributed by atoms with Gasteiger partial charge >= 0.3 is 0 Å². The SMILES string of the molecule is C[C@@H]1CCCN(c2nc3ncnc(SCC(=O)N[C@@H](C)CCc4ccccc4)c3s2)C1. The molecular weight excluding hydrogens is 426 g/mol. The van der Waals surface area contributed by atoms with Gasteiger partial charge in [-0.25, -0.2) is 9.97 Å². The molecule has 0 spiro atoms. The monoisotopic (exact) mass is 455 g/mol. The number of fused-ring (bicyclic) bond motifs is 1. The number of piperidine rings is 1. The van der Waals surface area contributed by atoms with Crippen LogP contribution in [-0.2, 0) is 11.2 Å². The second-order valence-electron chi connectivity index (χ2n) is 8.30. The van der Waals surface area contributed by atoms with Gasteiger partial charge in [0.1, 0.15) is 16.1 Å². The Morgan fingerprint density at radius 2 is 2.16 bits per heavy atom. The van der Waals surface area contributed by atoms with Crippen molar-refractivity contribution in [1.82, 2.24) is 20.3 Å². The van der Waals surface area contributed by atoms with Crippen molar-refractivity contribution in [3.05, 3.63) is 42.2 Å². The molecule has 0 radical (unpaired) electrons. The largest absolute Gasteiger partial charge is 0.353 e. The molecule has 6 nitrogen and oxygen atoms in total. The van der Waals surface area contributed by atoms with Gasteiger partial charge in [-0.05, 0) is 44.1 Å². The van der Waals surface area contributed by atoms with E-state index in [0.29, 0.717) is 11.7 Å². The summed E-state index contributed by atoms with van der Waals surface area (Å²) >= 11 is 3.10. The molecule has 1 amide bonds. The van der Waals surface area contributed by atoms with Crippen LogP contribution in [0.5, 0.6) is 0 Å². The number of hydrogen-bond acceptors (Lipinski definition) is 7. The standard InChI is InChI=1S/C23H29N5OS2/c1-16-7-6-12-28(13-16)23-27-21-20(31-23)22(25-15-24-21)30-14-19(29)26-17(2)10-11-18-8-4-3-5-9-18/h3-5,8-9,15-17H,6-7,10-14H2,1-2H3,(H,26,29)/t16-,17+/m1/s1. The molecule has 1 saturated heterocycles. The topological polar surface area (TPSA) is 71.0 Å². The first kappa shape index (κ1) is 22.0. The smallest absolute Gasteiger partial charge is 0.230 e. The Morgan fingerprint density at radius 1 is 1.32 bits per heavy atom. The van der Waals surface area contributed by atoms with Crippen molar-refractivity contribution in [3.8, 4) is 0 Å². The van der Waals surface area contributed by atoms with E-state index in [9.17, 15) is 4.79 Å². The number of thiazole rings is 1. The number of nitrogens with one attached hydrogen (secondary N) is 1. The number of amides is 1. The van der Waals surface area contributed by atoms with Crippen molar-refractivity contribution in [2.75, 3.05) is 23.7 Å². The first-order valence-corrected chi connectivity index (χ1v) is 12.7. The second-order valence-corrected chi connectivity index (χ2v) is 10.2. The number of carbonyl (C=O) groups is 1. The second kappa shape index (κ2) is 10.4. The van der Waals surface area contributed by atoms with Gasteiger partial charge < -0.3 is 10.2 Å². The molecule has 0 bridgehead atoms. The third kappa shape index (κ3) is 5.95. The molecule has 1 aromatic carbocycles. The quantitative estimate of drug-likeness (QED) is 0.397. The summed E-state index contributed by atoms with van der Waals surface area (Å²) in [6.07, 6.45) is 5.91. The predicted octanol–water partition coefficient (Wildman–Crippen LogP) is 4.55. The molecular formula is C23H29N5OS2. The molecule has 1 aliphatic heterocycles. The van der Waals surface area contributed by atoms with Crippen LogP contribution < -0.4 is 10.2 Å². The fourth-order valence-corrected chi connectivity index (χ4v) is 5.81. The first-order valence-electron chi connectivity index (χ1n) is 10.9. The summed E-state index contributed by atoms with van der Waals surface area (Å²) in [6, 6.07) is 10.5. The van der Waals surface area contributed by atoms with Crippen LogP contribution in [0.4, 0.5) is 5.13 Å². The molecule has 2 aromatic heterocycles. The number of aromatic nitrogens is 3. The fourth-order valence-electron chi connectivity index (χ4n) is 3.87. The van der Waals surface area contributed by atoms with Crippen LogP contribution in [0.2, 0.25) is 0 Å². The summed E-state index contributed by atoms with van der Waals surface area (Å²) in [5.74, 6) is 1.07. The average molecular weight is 456 g/mol. The van der Waals surface area contributed by atoms with E-state index in [1.165, 1.54) is 30.2 Å². The van der Waals surface area contributed by atoms with E-state index in [2.05, 4.69) is 46.2 Å². The Labute approximate surface area is 191 Å². The van der Waals surface area contributed by atoms with E-state index in [1.807, 2.05) is 18.2 Å². The average Bonchev–Trinajstić information content (AvgIpc) is 3.22. The van der Waals surface area contributed by atoms with Crippen molar-refractivity contribution in [3.63, 3.8) is 0 Å². The van der Waals surface area contributed by atoms with Gasteiger partial charge in [0, 0.05) is 19.1 Å². The lowest BCUT2D eigenvalue weighted by Crippen LogP contribution is -2.34.